The third-order valence-electron chi connectivity index (χ3n) is 3.28. The number of carbonyl (C=O) groups is 2. The summed E-state index contributed by atoms with van der Waals surface area (Å²) in [4.78, 5) is 23.3. The Morgan fingerprint density at radius 2 is 2.00 bits per heavy atom. The Bertz CT molecular complexity index is 482. The van der Waals surface area contributed by atoms with Gasteiger partial charge in [0.1, 0.15) is 0 Å². The Balaban J connectivity index is 1.67. The van der Waals surface area contributed by atoms with Crippen LogP contribution in [0.25, 0.3) is 0 Å². The standard InChI is InChI=1S/C16H19NO3/c18-15(17-11-13-7-3-1-4-8-13)12-20-16(19)14-9-5-2-6-10-14/h1-5,7-8,14H,6,9-12H2,(H,17,18)/t14-/m0/s1. The molecule has 0 spiro atoms. The van der Waals surface area contributed by atoms with Gasteiger partial charge >= 0.3 is 5.97 Å². The van der Waals surface area contributed by atoms with E-state index in [2.05, 4.69) is 11.4 Å². The number of esters is 1. The monoisotopic (exact) mass is 273 g/mol. The zero-order chi connectivity index (χ0) is 14.2. The Morgan fingerprint density at radius 1 is 1.20 bits per heavy atom. The number of hydrogen-bond acceptors (Lipinski definition) is 3. The van der Waals surface area contributed by atoms with Crippen LogP contribution < -0.4 is 5.32 Å². The first kappa shape index (κ1) is 14.3. The van der Waals surface area contributed by atoms with E-state index in [1.807, 2.05) is 36.4 Å². The lowest BCUT2D eigenvalue weighted by molar-refractivity contribution is -0.152. The zero-order valence-electron chi connectivity index (χ0n) is 11.4. The third-order valence-corrected chi connectivity index (χ3v) is 3.28. The molecule has 1 aromatic rings. The molecular formula is C16H19NO3. The van der Waals surface area contributed by atoms with Crippen molar-refractivity contribution >= 4 is 11.9 Å². The molecule has 1 aliphatic rings. The summed E-state index contributed by atoms with van der Waals surface area (Å²) in [6.07, 6.45) is 6.48. The van der Waals surface area contributed by atoms with Gasteiger partial charge in [-0.2, -0.15) is 0 Å². The van der Waals surface area contributed by atoms with Gasteiger partial charge in [-0.05, 0) is 24.8 Å². The molecule has 0 aliphatic heterocycles. The summed E-state index contributed by atoms with van der Waals surface area (Å²) in [5.74, 6) is -0.639. The first-order valence-corrected chi connectivity index (χ1v) is 6.88. The van der Waals surface area contributed by atoms with Crippen LogP contribution >= 0.6 is 0 Å². The molecule has 1 amide bonds. The quantitative estimate of drug-likeness (QED) is 0.661. The minimum atomic E-state index is -0.274. The van der Waals surface area contributed by atoms with Gasteiger partial charge in [-0.15, -0.1) is 0 Å². The van der Waals surface area contributed by atoms with Crippen LogP contribution in [-0.2, 0) is 20.9 Å². The Labute approximate surface area is 118 Å². The van der Waals surface area contributed by atoms with Crippen molar-refractivity contribution < 1.29 is 14.3 Å². The van der Waals surface area contributed by atoms with E-state index in [-0.39, 0.29) is 24.4 Å². The molecule has 0 aromatic heterocycles. The molecule has 106 valence electrons. The van der Waals surface area contributed by atoms with Crippen LogP contribution in [0.4, 0.5) is 0 Å². The van der Waals surface area contributed by atoms with Gasteiger partial charge in [-0.25, -0.2) is 0 Å². The Morgan fingerprint density at radius 3 is 2.70 bits per heavy atom. The van der Waals surface area contributed by atoms with Gasteiger partial charge in [-0.3, -0.25) is 9.59 Å². The predicted octanol–water partition coefficient (Wildman–Crippen LogP) is 2.20. The summed E-state index contributed by atoms with van der Waals surface area (Å²) >= 11 is 0. The lowest BCUT2D eigenvalue weighted by atomic mass is 9.95. The summed E-state index contributed by atoms with van der Waals surface area (Å²) in [5, 5.41) is 2.73. The average Bonchev–Trinajstić information content (AvgIpc) is 2.52. The second-order valence-electron chi connectivity index (χ2n) is 4.85. The molecule has 0 saturated heterocycles. The van der Waals surface area contributed by atoms with Crippen LogP contribution in [0, 0.1) is 5.92 Å². The van der Waals surface area contributed by atoms with Gasteiger partial charge in [0.05, 0.1) is 5.92 Å². The third kappa shape index (κ3) is 4.53. The zero-order valence-corrected chi connectivity index (χ0v) is 11.4. The lowest BCUT2D eigenvalue weighted by Crippen LogP contribution is -2.30. The fourth-order valence-electron chi connectivity index (χ4n) is 2.11. The van der Waals surface area contributed by atoms with E-state index in [4.69, 9.17) is 4.74 Å². The normalized spacial score (nSPS) is 17.5. The summed E-state index contributed by atoms with van der Waals surface area (Å²) in [6.45, 7) is 0.245. The number of rotatable bonds is 5. The fourth-order valence-corrected chi connectivity index (χ4v) is 2.11. The molecule has 4 nitrogen and oxygen atoms in total. The van der Waals surface area contributed by atoms with Gasteiger partial charge < -0.3 is 10.1 Å². The van der Waals surface area contributed by atoms with Crippen molar-refractivity contribution in [2.45, 2.75) is 25.8 Å². The highest BCUT2D eigenvalue weighted by Gasteiger charge is 2.20. The van der Waals surface area contributed by atoms with Crippen LogP contribution in [0.2, 0.25) is 0 Å². The molecule has 1 atom stereocenters. The first-order valence-electron chi connectivity index (χ1n) is 6.88. The van der Waals surface area contributed by atoms with Crippen LogP contribution in [0.15, 0.2) is 42.5 Å². The van der Waals surface area contributed by atoms with E-state index in [1.165, 1.54) is 0 Å². The Kier molecular flexibility index (Phi) is 5.35. The minimum absolute atomic E-state index is 0.0954. The number of benzene rings is 1. The topological polar surface area (TPSA) is 55.4 Å². The fraction of sp³-hybridized carbons (Fsp3) is 0.375. The predicted molar refractivity (Wildman–Crippen MR) is 75.7 cm³/mol. The van der Waals surface area contributed by atoms with E-state index < -0.39 is 0 Å². The molecule has 0 radical (unpaired) electrons. The maximum absolute atomic E-state index is 11.7. The van der Waals surface area contributed by atoms with Crippen molar-refractivity contribution in [2.24, 2.45) is 5.92 Å². The van der Waals surface area contributed by atoms with Crippen LogP contribution in [0.5, 0.6) is 0 Å². The molecule has 1 N–H and O–H groups in total. The van der Waals surface area contributed by atoms with Gasteiger partial charge in [-0.1, -0.05) is 42.5 Å². The smallest absolute Gasteiger partial charge is 0.309 e. The minimum Gasteiger partial charge on any atom is -0.455 e. The molecule has 4 heteroatoms. The molecule has 0 heterocycles. The molecule has 0 bridgehead atoms. The summed E-state index contributed by atoms with van der Waals surface area (Å²) in [5.41, 5.74) is 1.02. The van der Waals surface area contributed by atoms with E-state index in [1.54, 1.807) is 0 Å². The van der Waals surface area contributed by atoms with Gasteiger partial charge in [0, 0.05) is 6.54 Å². The molecular weight excluding hydrogens is 254 g/mol. The molecule has 20 heavy (non-hydrogen) atoms. The number of nitrogens with one attached hydrogen (secondary N) is 1. The first-order chi connectivity index (χ1) is 9.75. The molecule has 1 aromatic carbocycles. The van der Waals surface area contributed by atoms with Gasteiger partial charge in [0.25, 0.3) is 5.91 Å². The number of amides is 1. The second kappa shape index (κ2) is 7.48. The molecule has 1 aliphatic carbocycles. The van der Waals surface area contributed by atoms with Crippen molar-refractivity contribution in [3.8, 4) is 0 Å². The van der Waals surface area contributed by atoms with Gasteiger partial charge in [0.15, 0.2) is 6.61 Å². The summed E-state index contributed by atoms with van der Waals surface area (Å²) in [7, 11) is 0. The highest BCUT2D eigenvalue weighted by atomic mass is 16.5. The second-order valence-corrected chi connectivity index (χ2v) is 4.85. The average molecular weight is 273 g/mol. The number of hydrogen-bond donors (Lipinski definition) is 1. The van der Waals surface area contributed by atoms with E-state index in [0.29, 0.717) is 13.0 Å². The molecule has 0 fully saturated rings. The highest BCUT2D eigenvalue weighted by Crippen LogP contribution is 2.19. The summed E-state index contributed by atoms with van der Waals surface area (Å²) in [6, 6.07) is 9.61. The summed E-state index contributed by atoms with van der Waals surface area (Å²) < 4.78 is 5.05. The highest BCUT2D eigenvalue weighted by molar-refractivity contribution is 5.81. The van der Waals surface area contributed by atoms with Crippen molar-refractivity contribution in [1.29, 1.82) is 0 Å². The van der Waals surface area contributed by atoms with E-state index in [9.17, 15) is 9.59 Å². The Hall–Kier alpha value is -2.10. The van der Waals surface area contributed by atoms with Crippen molar-refractivity contribution in [3.63, 3.8) is 0 Å². The maximum atomic E-state index is 11.7. The van der Waals surface area contributed by atoms with E-state index >= 15 is 0 Å². The largest absolute Gasteiger partial charge is 0.455 e. The van der Waals surface area contributed by atoms with Crippen LogP contribution in [-0.4, -0.2) is 18.5 Å². The molecule has 0 saturated carbocycles. The van der Waals surface area contributed by atoms with Gasteiger partial charge in [0.2, 0.25) is 0 Å². The van der Waals surface area contributed by atoms with Crippen LogP contribution in [0.3, 0.4) is 0 Å². The van der Waals surface area contributed by atoms with E-state index in [0.717, 1.165) is 18.4 Å². The molecule has 0 unspecified atom stereocenters. The SMILES string of the molecule is O=C(COC(=O)[C@H]1CC=CCC1)NCc1ccccc1. The number of ether oxygens (including phenoxy) is 1. The lowest BCUT2D eigenvalue weighted by Gasteiger charge is -2.16. The van der Waals surface area contributed by atoms with Crippen molar-refractivity contribution in [2.75, 3.05) is 6.61 Å². The number of allylic oxidation sites excluding steroid dienone is 2. The maximum Gasteiger partial charge on any atom is 0.309 e. The van der Waals surface area contributed by atoms with Crippen molar-refractivity contribution in [3.05, 3.63) is 48.0 Å². The number of carbonyl (C=O) groups excluding carboxylic acids is 2. The molecule has 2 rings (SSSR count). The van der Waals surface area contributed by atoms with Crippen molar-refractivity contribution in [1.82, 2.24) is 5.32 Å². The van der Waals surface area contributed by atoms with Crippen LogP contribution in [0.1, 0.15) is 24.8 Å².